The highest BCUT2D eigenvalue weighted by atomic mass is 35.5. The van der Waals surface area contributed by atoms with Crippen LogP contribution in [0.15, 0.2) is 24.3 Å². The molecule has 0 radical (unpaired) electrons. The lowest BCUT2D eigenvalue weighted by Crippen LogP contribution is -2.39. The maximum atomic E-state index is 5.91. The number of hydrogen-bond donors (Lipinski definition) is 1. The minimum Gasteiger partial charge on any atom is -0.375 e. The molecule has 0 bridgehead atoms. The molecule has 1 atom stereocenters. The Kier molecular flexibility index (Phi) is 3.40. The van der Waals surface area contributed by atoms with Gasteiger partial charge in [-0.05, 0) is 24.1 Å². The number of rotatable bonds is 2. The second-order valence-electron chi connectivity index (χ2n) is 3.53. The lowest BCUT2D eigenvalue weighted by atomic mass is 10.1. The predicted molar refractivity (Wildman–Crippen MR) is 57.8 cm³/mol. The summed E-state index contributed by atoms with van der Waals surface area (Å²) in [5.74, 6) is 0. The fraction of sp³-hybridized carbons (Fsp3) is 0.455. The second-order valence-corrected chi connectivity index (χ2v) is 3.97. The lowest BCUT2D eigenvalue weighted by molar-refractivity contribution is 0.0292. The summed E-state index contributed by atoms with van der Waals surface area (Å²) in [5.41, 5.74) is 1.24. The van der Waals surface area contributed by atoms with Gasteiger partial charge < -0.3 is 10.1 Å². The van der Waals surface area contributed by atoms with Crippen LogP contribution < -0.4 is 5.32 Å². The van der Waals surface area contributed by atoms with Crippen molar-refractivity contribution >= 4 is 11.6 Å². The molecule has 0 aliphatic carbocycles. The Labute approximate surface area is 89.2 Å². The van der Waals surface area contributed by atoms with Gasteiger partial charge in [0.15, 0.2) is 0 Å². The van der Waals surface area contributed by atoms with E-state index in [-0.39, 0.29) is 0 Å². The third kappa shape index (κ3) is 2.71. The molecule has 0 saturated carbocycles. The summed E-state index contributed by atoms with van der Waals surface area (Å²) < 4.78 is 5.62. The highest BCUT2D eigenvalue weighted by Gasteiger charge is 2.13. The standard InChI is InChI=1S/C11H14ClNO/c12-10-3-1-2-9(6-10)7-11-8-13-4-5-14-11/h1-3,6,11,13H,4-5,7-8H2/t11-/m0/s1. The van der Waals surface area contributed by atoms with Gasteiger partial charge in [-0.2, -0.15) is 0 Å². The van der Waals surface area contributed by atoms with E-state index in [2.05, 4.69) is 11.4 Å². The molecule has 1 aromatic rings. The largest absolute Gasteiger partial charge is 0.375 e. The van der Waals surface area contributed by atoms with E-state index in [1.807, 2.05) is 18.2 Å². The van der Waals surface area contributed by atoms with Crippen molar-refractivity contribution in [1.82, 2.24) is 5.32 Å². The molecule has 1 aliphatic rings. The molecule has 1 aromatic carbocycles. The maximum absolute atomic E-state index is 5.91. The third-order valence-corrected chi connectivity index (χ3v) is 2.59. The van der Waals surface area contributed by atoms with E-state index in [4.69, 9.17) is 16.3 Å². The zero-order valence-corrected chi connectivity index (χ0v) is 8.76. The van der Waals surface area contributed by atoms with Crippen LogP contribution in [0, 0.1) is 0 Å². The van der Waals surface area contributed by atoms with Crippen LogP contribution in [0.1, 0.15) is 5.56 Å². The fourth-order valence-corrected chi connectivity index (χ4v) is 1.89. The molecule has 1 saturated heterocycles. The van der Waals surface area contributed by atoms with Crippen LogP contribution in [0.5, 0.6) is 0 Å². The van der Waals surface area contributed by atoms with Crippen LogP contribution in [0.3, 0.4) is 0 Å². The number of nitrogens with one attached hydrogen (secondary N) is 1. The summed E-state index contributed by atoms with van der Waals surface area (Å²) in [6.45, 7) is 2.71. The minimum atomic E-state index is 0.294. The van der Waals surface area contributed by atoms with E-state index in [0.717, 1.165) is 31.1 Å². The molecule has 1 aliphatic heterocycles. The van der Waals surface area contributed by atoms with Crippen LogP contribution in [0.2, 0.25) is 5.02 Å². The van der Waals surface area contributed by atoms with Crippen molar-refractivity contribution in [3.8, 4) is 0 Å². The second kappa shape index (κ2) is 4.78. The Morgan fingerprint density at radius 1 is 1.50 bits per heavy atom. The number of halogens is 1. The van der Waals surface area contributed by atoms with Gasteiger partial charge in [-0.3, -0.25) is 0 Å². The number of hydrogen-bond acceptors (Lipinski definition) is 2. The summed E-state index contributed by atoms with van der Waals surface area (Å²) in [7, 11) is 0. The van der Waals surface area contributed by atoms with Gasteiger partial charge >= 0.3 is 0 Å². The van der Waals surface area contributed by atoms with Gasteiger partial charge in [-0.25, -0.2) is 0 Å². The summed E-state index contributed by atoms with van der Waals surface area (Å²) in [6, 6.07) is 7.96. The average Bonchev–Trinajstić information content (AvgIpc) is 2.19. The van der Waals surface area contributed by atoms with Crippen LogP contribution in [0.25, 0.3) is 0 Å². The quantitative estimate of drug-likeness (QED) is 0.807. The Hall–Kier alpha value is -0.570. The van der Waals surface area contributed by atoms with Crippen molar-refractivity contribution in [2.75, 3.05) is 19.7 Å². The van der Waals surface area contributed by atoms with Gasteiger partial charge in [0.05, 0.1) is 12.7 Å². The Morgan fingerprint density at radius 2 is 2.43 bits per heavy atom. The highest BCUT2D eigenvalue weighted by molar-refractivity contribution is 6.30. The van der Waals surface area contributed by atoms with Crippen molar-refractivity contribution in [2.24, 2.45) is 0 Å². The van der Waals surface area contributed by atoms with E-state index in [9.17, 15) is 0 Å². The molecule has 3 heteroatoms. The zero-order valence-electron chi connectivity index (χ0n) is 8.00. The Balaban J connectivity index is 1.95. The molecule has 0 aromatic heterocycles. The van der Waals surface area contributed by atoms with E-state index in [1.54, 1.807) is 0 Å². The van der Waals surface area contributed by atoms with E-state index < -0.39 is 0 Å². The van der Waals surface area contributed by atoms with Crippen LogP contribution in [-0.2, 0) is 11.2 Å². The van der Waals surface area contributed by atoms with Crippen molar-refractivity contribution < 1.29 is 4.74 Å². The monoisotopic (exact) mass is 211 g/mol. The van der Waals surface area contributed by atoms with Crippen LogP contribution in [0.4, 0.5) is 0 Å². The van der Waals surface area contributed by atoms with Gasteiger partial charge in [0.25, 0.3) is 0 Å². The molecule has 2 nitrogen and oxygen atoms in total. The third-order valence-electron chi connectivity index (χ3n) is 2.36. The molecule has 1 heterocycles. The van der Waals surface area contributed by atoms with Crippen molar-refractivity contribution in [1.29, 1.82) is 0 Å². The predicted octanol–water partition coefficient (Wildman–Crippen LogP) is 1.87. The van der Waals surface area contributed by atoms with Gasteiger partial charge in [0, 0.05) is 18.1 Å². The minimum absolute atomic E-state index is 0.294. The summed E-state index contributed by atoms with van der Waals surface area (Å²) in [4.78, 5) is 0. The first kappa shape index (κ1) is 9.97. The zero-order chi connectivity index (χ0) is 9.80. The van der Waals surface area contributed by atoms with Crippen LogP contribution >= 0.6 is 11.6 Å². The highest BCUT2D eigenvalue weighted by Crippen LogP contribution is 2.13. The first-order valence-electron chi connectivity index (χ1n) is 4.91. The number of morpholine rings is 1. The van der Waals surface area contributed by atoms with Crippen molar-refractivity contribution in [3.05, 3.63) is 34.9 Å². The SMILES string of the molecule is Clc1cccc(C[C@H]2CNCCO2)c1. The van der Waals surface area contributed by atoms with Crippen LogP contribution in [-0.4, -0.2) is 25.8 Å². The molecule has 2 rings (SSSR count). The van der Waals surface area contributed by atoms with Crippen molar-refractivity contribution in [2.45, 2.75) is 12.5 Å². The number of benzene rings is 1. The molecule has 14 heavy (non-hydrogen) atoms. The Bertz CT molecular complexity index is 297. The van der Waals surface area contributed by atoms with E-state index in [1.165, 1.54) is 5.56 Å². The Morgan fingerprint density at radius 3 is 3.14 bits per heavy atom. The summed E-state index contributed by atoms with van der Waals surface area (Å²) in [6.07, 6.45) is 1.23. The topological polar surface area (TPSA) is 21.3 Å². The first-order valence-corrected chi connectivity index (χ1v) is 5.29. The fourth-order valence-electron chi connectivity index (χ4n) is 1.68. The molecule has 0 unspecified atom stereocenters. The van der Waals surface area contributed by atoms with E-state index in [0.29, 0.717) is 6.10 Å². The molecular formula is C11H14ClNO. The van der Waals surface area contributed by atoms with Gasteiger partial charge in [0.1, 0.15) is 0 Å². The average molecular weight is 212 g/mol. The smallest absolute Gasteiger partial charge is 0.0740 e. The van der Waals surface area contributed by atoms with E-state index >= 15 is 0 Å². The molecule has 1 N–H and O–H groups in total. The lowest BCUT2D eigenvalue weighted by Gasteiger charge is -2.23. The molecular weight excluding hydrogens is 198 g/mol. The van der Waals surface area contributed by atoms with Gasteiger partial charge in [-0.1, -0.05) is 23.7 Å². The molecule has 0 amide bonds. The molecule has 1 fully saturated rings. The summed E-state index contributed by atoms with van der Waals surface area (Å²) in [5, 5.41) is 4.11. The summed E-state index contributed by atoms with van der Waals surface area (Å²) >= 11 is 5.91. The van der Waals surface area contributed by atoms with Crippen molar-refractivity contribution in [3.63, 3.8) is 0 Å². The normalized spacial score (nSPS) is 22.2. The van der Waals surface area contributed by atoms with Gasteiger partial charge in [-0.15, -0.1) is 0 Å². The number of ether oxygens (including phenoxy) is 1. The molecule has 76 valence electrons. The molecule has 0 spiro atoms. The van der Waals surface area contributed by atoms with Gasteiger partial charge in [0.2, 0.25) is 0 Å². The first-order chi connectivity index (χ1) is 6.84. The maximum Gasteiger partial charge on any atom is 0.0740 e.